The van der Waals surface area contributed by atoms with Gasteiger partial charge in [-0.1, -0.05) is 13.8 Å². The van der Waals surface area contributed by atoms with Gasteiger partial charge in [-0.25, -0.2) is 9.79 Å². The molecule has 2 aromatic heterocycles. The Balaban J connectivity index is 1.73. The largest absolute Gasteiger partial charge is 0.428 e. The summed E-state index contributed by atoms with van der Waals surface area (Å²) in [5.41, 5.74) is -2.50. The molecule has 2 aromatic rings. The third kappa shape index (κ3) is 4.43. The topological polar surface area (TPSA) is 194 Å². The quantitative estimate of drug-likeness (QED) is 0.273. The predicted molar refractivity (Wildman–Crippen MR) is 121 cm³/mol. The van der Waals surface area contributed by atoms with Gasteiger partial charge in [0.25, 0.3) is 5.56 Å². The molecule has 0 bridgehead atoms. The van der Waals surface area contributed by atoms with Crippen LogP contribution in [-0.4, -0.2) is 74.5 Å². The van der Waals surface area contributed by atoms with Crippen molar-refractivity contribution in [3.8, 4) is 0 Å². The maximum atomic E-state index is 12.4. The van der Waals surface area contributed by atoms with Gasteiger partial charge in [-0.05, 0) is 6.92 Å². The monoisotopic (exact) mass is 491 g/mol. The van der Waals surface area contributed by atoms with E-state index in [0.29, 0.717) is 5.39 Å². The molecular formula is C21H25N5O9. The molecule has 5 N–H and O–H groups in total. The second-order valence-electron chi connectivity index (χ2n) is 8.58. The molecule has 0 aliphatic carbocycles. The summed E-state index contributed by atoms with van der Waals surface area (Å²) in [6, 6.07) is 1.06. The number of rotatable bonds is 6. The summed E-state index contributed by atoms with van der Waals surface area (Å²) in [7, 11) is 0. The van der Waals surface area contributed by atoms with Crippen LogP contribution < -0.4 is 16.2 Å². The Morgan fingerprint density at radius 2 is 2.11 bits per heavy atom. The summed E-state index contributed by atoms with van der Waals surface area (Å²) in [4.78, 5) is 44.5. The first-order valence-electron chi connectivity index (χ1n) is 10.7. The molecule has 1 amide bonds. The number of hydrogen-bond acceptors (Lipinski definition) is 12. The van der Waals surface area contributed by atoms with E-state index in [1.165, 1.54) is 24.0 Å². The van der Waals surface area contributed by atoms with Crippen molar-refractivity contribution in [3.63, 3.8) is 0 Å². The van der Waals surface area contributed by atoms with Crippen molar-refractivity contribution in [2.45, 2.75) is 44.8 Å². The van der Waals surface area contributed by atoms with Crippen molar-refractivity contribution in [1.29, 1.82) is 0 Å². The first-order valence-corrected chi connectivity index (χ1v) is 10.7. The smallest absolute Gasteiger partial charge is 0.414 e. The van der Waals surface area contributed by atoms with Gasteiger partial charge in [-0.3, -0.25) is 14.9 Å². The van der Waals surface area contributed by atoms with Crippen LogP contribution in [-0.2, 0) is 19.0 Å². The van der Waals surface area contributed by atoms with E-state index in [9.17, 15) is 29.7 Å². The number of aliphatic imine (C=N–C) groups is 1. The number of aromatic nitrogens is 2. The Bertz CT molecular complexity index is 1260. The van der Waals surface area contributed by atoms with Crippen molar-refractivity contribution in [1.82, 2.24) is 9.55 Å². The molecule has 14 heteroatoms. The predicted octanol–water partition coefficient (Wildman–Crippen LogP) is 0.189. The molecular weight excluding hydrogens is 466 g/mol. The zero-order valence-electron chi connectivity index (χ0n) is 19.1. The number of nitrogens with zero attached hydrogens (tertiary/aromatic N) is 3. The molecule has 4 heterocycles. The Morgan fingerprint density at radius 3 is 2.77 bits per heavy atom. The highest BCUT2D eigenvalue weighted by Gasteiger charge is 2.53. The third-order valence-corrected chi connectivity index (χ3v) is 5.70. The van der Waals surface area contributed by atoms with Crippen LogP contribution in [0, 0.1) is 5.92 Å². The summed E-state index contributed by atoms with van der Waals surface area (Å²) >= 11 is 0. The first kappa shape index (κ1) is 24.5. The van der Waals surface area contributed by atoms with Gasteiger partial charge in [-0.2, -0.15) is 4.98 Å². The molecule has 14 nitrogen and oxygen atoms in total. The van der Waals surface area contributed by atoms with E-state index < -0.39 is 61.0 Å². The minimum atomic E-state index is -1.81. The van der Waals surface area contributed by atoms with Crippen molar-refractivity contribution >= 4 is 46.5 Å². The number of anilines is 2. The second-order valence-corrected chi connectivity index (χ2v) is 8.58. The van der Waals surface area contributed by atoms with Crippen molar-refractivity contribution < 1.29 is 39.1 Å². The molecule has 0 saturated carbocycles. The van der Waals surface area contributed by atoms with E-state index >= 15 is 0 Å². The number of hydrogen-bond donors (Lipinski definition) is 5. The van der Waals surface area contributed by atoms with Crippen LogP contribution in [0.4, 0.5) is 22.1 Å². The average Bonchev–Trinajstić information content (AvgIpc) is 3.23. The average molecular weight is 491 g/mol. The fourth-order valence-electron chi connectivity index (χ4n) is 3.87. The third-order valence-electron chi connectivity index (χ3n) is 5.70. The Morgan fingerprint density at radius 1 is 1.37 bits per heavy atom. The molecule has 35 heavy (non-hydrogen) atoms. The van der Waals surface area contributed by atoms with Gasteiger partial charge in [0, 0.05) is 17.6 Å². The zero-order chi connectivity index (χ0) is 25.5. The van der Waals surface area contributed by atoms with E-state index in [1.54, 1.807) is 13.8 Å². The van der Waals surface area contributed by atoms with Crippen LogP contribution in [0.3, 0.4) is 0 Å². The lowest BCUT2D eigenvalue weighted by Gasteiger charge is -2.28. The summed E-state index contributed by atoms with van der Waals surface area (Å²) in [6.07, 6.45) is -1.89. The number of aliphatic hydroxyl groups is 3. The number of carbonyl (C=O) groups excluding carboxylic acids is 2. The molecule has 4 atom stereocenters. The molecule has 2 aliphatic rings. The molecule has 0 spiro atoms. The van der Waals surface area contributed by atoms with Crippen LogP contribution in [0.1, 0.15) is 27.0 Å². The summed E-state index contributed by atoms with van der Waals surface area (Å²) in [5.74, 6) is -0.604. The molecule has 188 valence electrons. The number of carbonyl (C=O) groups is 2. The van der Waals surface area contributed by atoms with Crippen molar-refractivity contribution in [2.75, 3.05) is 24.0 Å². The van der Waals surface area contributed by atoms with Gasteiger partial charge >= 0.3 is 12.1 Å². The first-order chi connectivity index (χ1) is 16.5. The molecule has 0 aromatic carbocycles. The van der Waals surface area contributed by atoms with Gasteiger partial charge in [-0.15, -0.1) is 0 Å². The molecule has 4 rings (SSSR count). The summed E-state index contributed by atoms with van der Waals surface area (Å²) in [6.45, 7) is 3.44. The van der Waals surface area contributed by atoms with Crippen LogP contribution in [0.25, 0.3) is 10.8 Å². The van der Waals surface area contributed by atoms with Crippen molar-refractivity contribution in [2.24, 2.45) is 10.9 Å². The van der Waals surface area contributed by atoms with Crippen LogP contribution in [0.2, 0.25) is 0 Å². The van der Waals surface area contributed by atoms with Crippen molar-refractivity contribution in [3.05, 3.63) is 22.6 Å². The van der Waals surface area contributed by atoms with Gasteiger partial charge in [0.1, 0.15) is 29.4 Å². The maximum absolute atomic E-state index is 12.4. The van der Waals surface area contributed by atoms with E-state index in [2.05, 4.69) is 20.6 Å². The number of ether oxygens (including phenoxy) is 3. The van der Waals surface area contributed by atoms with E-state index in [-0.39, 0.29) is 22.7 Å². The molecule has 2 aliphatic heterocycles. The number of esters is 1. The Labute approximate surface area is 198 Å². The highest BCUT2D eigenvalue weighted by molar-refractivity contribution is 6.12. The summed E-state index contributed by atoms with van der Waals surface area (Å²) < 4.78 is 16.8. The van der Waals surface area contributed by atoms with E-state index in [4.69, 9.17) is 14.2 Å². The molecule has 4 unspecified atom stereocenters. The molecule has 1 fully saturated rings. The number of nitrogens with one attached hydrogen (secondary N) is 2. The maximum Gasteiger partial charge on any atom is 0.414 e. The highest BCUT2D eigenvalue weighted by Crippen LogP contribution is 2.45. The standard InChI is InChI=1S/C21H25N5O9/c1-9(2)18(30)33-8-34-20(31)24-11-4-13(28)25-16-14-10(11)5-26(17(14)23-7-22-16)19-21(3,32)15(29)12(6-27)35-19/h4-5,7,9,12,15,19,27,29,32H,6,8H2,1-3H3,(H,24,31)(H,22,23,25,28). The SMILES string of the molecule is CC(C)C(=O)OCOC(=O)Nc1cc(=O)nc2c3c(n(C4OC(CO)C(O)C4(C)O)cc13)N=CN2. The van der Waals surface area contributed by atoms with E-state index in [0.717, 1.165) is 6.07 Å². The van der Waals surface area contributed by atoms with Gasteiger partial charge in [0.15, 0.2) is 6.23 Å². The van der Waals surface area contributed by atoms with Crippen LogP contribution in [0.15, 0.2) is 22.1 Å². The lowest BCUT2D eigenvalue weighted by atomic mass is 9.96. The van der Waals surface area contributed by atoms with Gasteiger partial charge < -0.3 is 39.4 Å². The minimum Gasteiger partial charge on any atom is -0.428 e. The van der Waals surface area contributed by atoms with Crippen LogP contribution in [0.5, 0.6) is 0 Å². The number of aliphatic hydroxyl groups excluding tert-OH is 2. The second kappa shape index (κ2) is 9.22. The lowest BCUT2D eigenvalue weighted by molar-refractivity contribution is -0.155. The number of amides is 1. The zero-order valence-corrected chi connectivity index (χ0v) is 19.1. The minimum absolute atomic E-state index is 0.000248. The van der Waals surface area contributed by atoms with Gasteiger partial charge in [0.2, 0.25) is 6.79 Å². The fraction of sp³-hybridized carbons (Fsp3) is 0.476. The summed E-state index contributed by atoms with van der Waals surface area (Å²) in [5, 5.41) is 36.6. The Hall–Kier alpha value is -3.59. The molecule has 1 saturated heterocycles. The Kier molecular flexibility index (Phi) is 6.46. The normalized spacial score (nSPS) is 24.9. The van der Waals surface area contributed by atoms with E-state index in [1.807, 2.05) is 0 Å². The van der Waals surface area contributed by atoms with Crippen LogP contribution >= 0.6 is 0 Å². The fourth-order valence-corrected chi connectivity index (χ4v) is 3.87. The molecule has 0 radical (unpaired) electrons. The lowest BCUT2D eigenvalue weighted by Crippen LogP contribution is -2.44. The van der Waals surface area contributed by atoms with Gasteiger partial charge in [0.05, 0.1) is 29.9 Å². The highest BCUT2D eigenvalue weighted by atomic mass is 16.7.